The van der Waals surface area contributed by atoms with E-state index in [1.807, 2.05) is 12.4 Å². The van der Waals surface area contributed by atoms with Gasteiger partial charge < -0.3 is 15.6 Å². The lowest BCUT2D eigenvalue weighted by atomic mass is 9.92. The first-order valence-electron chi connectivity index (χ1n) is 10.4. The maximum Gasteiger partial charge on any atom is 0.176 e. The molecule has 3 aromatic rings. The summed E-state index contributed by atoms with van der Waals surface area (Å²) in [6, 6.07) is 6.38. The van der Waals surface area contributed by atoms with Gasteiger partial charge in [-0.2, -0.15) is 0 Å². The Labute approximate surface area is 178 Å². The Kier molecular flexibility index (Phi) is 5.11. The van der Waals surface area contributed by atoms with Crippen LogP contribution in [0.4, 0.5) is 8.78 Å². The number of rotatable bonds is 3. The molecule has 5 rings (SSSR count). The first kappa shape index (κ1) is 19.6. The largest absolute Gasteiger partial charge is 0.385 e. The molecule has 2 aliphatic rings. The van der Waals surface area contributed by atoms with Crippen molar-refractivity contribution in [3.8, 4) is 11.1 Å². The zero-order valence-electron chi connectivity index (χ0n) is 16.9. The van der Waals surface area contributed by atoms with Crippen LogP contribution < -0.4 is 11.1 Å². The van der Waals surface area contributed by atoms with Gasteiger partial charge in [-0.15, -0.1) is 0 Å². The Morgan fingerprint density at radius 1 is 1.10 bits per heavy atom. The number of halogens is 2. The Morgan fingerprint density at radius 3 is 2.90 bits per heavy atom. The SMILES string of the molecule is NC1CCC=C(c2cnc3c(c2)C(c2oncc2-c2cccc(F)c2F)=CNC3)CC1. The van der Waals surface area contributed by atoms with Gasteiger partial charge in [0.1, 0.15) is 0 Å². The van der Waals surface area contributed by atoms with Gasteiger partial charge >= 0.3 is 0 Å². The van der Waals surface area contributed by atoms with Gasteiger partial charge in [-0.1, -0.05) is 23.4 Å². The number of nitrogens with two attached hydrogens (primary N) is 1. The second-order valence-corrected chi connectivity index (χ2v) is 7.93. The summed E-state index contributed by atoms with van der Waals surface area (Å²) >= 11 is 0. The molecule has 1 aromatic carbocycles. The summed E-state index contributed by atoms with van der Waals surface area (Å²) in [4.78, 5) is 4.67. The molecule has 0 bridgehead atoms. The fraction of sp³-hybridized carbons (Fsp3) is 0.250. The molecule has 31 heavy (non-hydrogen) atoms. The van der Waals surface area contributed by atoms with Gasteiger partial charge in [0.25, 0.3) is 0 Å². The monoisotopic (exact) mass is 420 g/mol. The molecule has 0 fully saturated rings. The van der Waals surface area contributed by atoms with Crippen LogP contribution in [0, 0.1) is 11.6 Å². The molecule has 3 N–H and O–H groups in total. The quantitative estimate of drug-likeness (QED) is 0.637. The zero-order chi connectivity index (χ0) is 21.4. The summed E-state index contributed by atoms with van der Waals surface area (Å²) in [6.07, 6.45) is 11.1. The highest BCUT2D eigenvalue weighted by Crippen LogP contribution is 2.37. The van der Waals surface area contributed by atoms with Crippen molar-refractivity contribution in [1.82, 2.24) is 15.5 Å². The maximum absolute atomic E-state index is 14.5. The lowest BCUT2D eigenvalue weighted by Crippen LogP contribution is -2.18. The van der Waals surface area contributed by atoms with Crippen molar-refractivity contribution in [1.29, 1.82) is 0 Å². The molecular formula is C24H22F2N4O. The van der Waals surface area contributed by atoms with Crippen LogP contribution in [0.3, 0.4) is 0 Å². The van der Waals surface area contributed by atoms with Crippen LogP contribution in [0.2, 0.25) is 0 Å². The number of aromatic nitrogens is 2. The third-order valence-electron chi connectivity index (χ3n) is 5.92. The van der Waals surface area contributed by atoms with E-state index in [4.69, 9.17) is 10.3 Å². The molecule has 0 saturated carbocycles. The van der Waals surface area contributed by atoms with Crippen molar-refractivity contribution in [2.24, 2.45) is 5.73 Å². The fourth-order valence-electron chi connectivity index (χ4n) is 4.22. The van der Waals surface area contributed by atoms with Crippen molar-refractivity contribution in [3.63, 3.8) is 0 Å². The number of benzene rings is 1. The highest BCUT2D eigenvalue weighted by Gasteiger charge is 2.25. The van der Waals surface area contributed by atoms with Crippen molar-refractivity contribution < 1.29 is 13.3 Å². The van der Waals surface area contributed by atoms with E-state index in [0.717, 1.165) is 48.6 Å². The minimum Gasteiger partial charge on any atom is -0.385 e. The summed E-state index contributed by atoms with van der Waals surface area (Å²) in [5.41, 5.74) is 11.3. The molecule has 3 heterocycles. The van der Waals surface area contributed by atoms with Crippen LogP contribution >= 0.6 is 0 Å². The molecule has 2 aromatic heterocycles. The van der Waals surface area contributed by atoms with Crippen LogP contribution in [0.15, 0.2) is 53.5 Å². The normalized spacial score (nSPS) is 18.5. The van der Waals surface area contributed by atoms with Crippen molar-refractivity contribution in [3.05, 3.63) is 83.2 Å². The average Bonchev–Trinajstić information content (AvgIpc) is 3.16. The predicted octanol–water partition coefficient (Wildman–Crippen LogP) is 4.79. The maximum atomic E-state index is 14.5. The molecule has 158 valence electrons. The van der Waals surface area contributed by atoms with Crippen LogP contribution in [0.1, 0.15) is 48.3 Å². The molecule has 0 radical (unpaired) electrons. The molecule has 7 heteroatoms. The third-order valence-corrected chi connectivity index (χ3v) is 5.92. The number of nitrogens with zero attached hydrogens (tertiary/aromatic N) is 2. The summed E-state index contributed by atoms with van der Waals surface area (Å²) in [5, 5.41) is 7.06. The molecule has 1 atom stereocenters. The van der Waals surface area contributed by atoms with Crippen LogP contribution in [-0.2, 0) is 6.54 Å². The molecular weight excluding hydrogens is 398 g/mol. The van der Waals surface area contributed by atoms with Crippen LogP contribution in [-0.4, -0.2) is 16.2 Å². The minimum absolute atomic E-state index is 0.105. The van der Waals surface area contributed by atoms with Crippen LogP contribution in [0.25, 0.3) is 22.3 Å². The Morgan fingerprint density at radius 2 is 2.00 bits per heavy atom. The van der Waals surface area contributed by atoms with Gasteiger partial charge in [-0.25, -0.2) is 8.78 Å². The van der Waals surface area contributed by atoms with E-state index in [2.05, 4.69) is 27.6 Å². The summed E-state index contributed by atoms with van der Waals surface area (Å²) in [5.74, 6) is -1.47. The number of pyridine rings is 1. The van der Waals surface area contributed by atoms with E-state index < -0.39 is 11.6 Å². The van der Waals surface area contributed by atoms with Gasteiger partial charge in [0, 0.05) is 35.1 Å². The van der Waals surface area contributed by atoms with E-state index in [1.165, 1.54) is 23.9 Å². The van der Waals surface area contributed by atoms with Gasteiger partial charge in [0.15, 0.2) is 17.4 Å². The standard InChI is InChI=1S/C24H22F2N4O/c25-21-6-2-5-17(23(21)26)20-12-30-31-24(20)19-11-28-13-22-18(19)9-15(10-29-22)14-3-1-4-16(27)8-7-14/h2-3,5-6,9-12,16,28H,1,4,7-8,13,27H2. The zero-order valence-corrected chi connectivity index (χ0v) is 16.9. The van der Waals surface area contributed by atoms with E-state index in [9.17, 15) is 8.78 Å². The first-order chi connectivity index (χ1) is 15.1. The highest BCUT2D eigenvalue weighted by atomic mass is 19.2. The van der Waals surface area contributed by atoms with Crippen molar-refractivity contribution >= 4 is 11.1 Å². The summed E-state index contributed by atoms with van der Waals surface area (Å²) in [7, 11) is 0. The lowest BCUT2D eigenvalue weighted by molar-refractivity contribution is 0.410. The molecule has 1 unspecified atom stereocenters. The topological polar surface area (TPSA) is 77.0 Å². The highest BCUT2D eigenvalue weighted by molar-refractivity contribution is 5.88. The number of hydrogen-bond acceptors (Lipinski definition) is 5. The minimum atomic E-state index is -0.927. The van der Waals surface area contributed by atoms with Gasteiger partial charge in [-0.3, -0.25) is 4.98 Å². The molecule has 5 nitrogen and oxygen atoms in total. The number of hydrogen-bond donors (Lipinski definition) is 2. The Bertz CT molecular complexity index is 1200. The van der Waals surface area contributed by atoms with E-state index >= 15 is 0 Å². The second kappa shape index (κ2) is 8.07. The fourth-order valence-corrected chi connectivity index (χ4v) is 4.22. The average molecular weight is 420 g/mol. The van der Waals surface area contributed by atoms with Crippen molar-refractivity contribution in [2.45, 2.75) is 38.3 Å². The van der Waals surface area contributed by atoms with E-state index in [-0.39, 0.29) is 11.6 Å². The number of nitrogens with one attached hydrogen (secondary N) is 1. The number of fused-ring (bicyclic) bond motifs is 1. The smallest absolute Gasteiger partial charge is 0.176 e. The Hall–Kier alpha value is -3.32. The second-order valence-electron chi connectivity index (χ2n) is 7.93. The molecule has 1 aliphatic heterocycles. The summed E-state index contributed by atoms with van der Waals surface area (Å²) in [6.45, 7) is 0.570. The van der Waals surface area contributed by atoms with E-state index in [1.54, 1.807) is 0 Å². The van der Waals surface area contributed by atoms with E-state index in [0.29, 0.717) is 23.4 Å². The van der Waals surface area contributed by atoms with Gasteiger partial charge in [-0.05, 0) is 49.0 Å². The van der Waals surface area contributed by atoms with Crippen LogP contribution in [0.5, 0.6) is 0 Å². The molecule has 0 saturated heterocycles. The van der Waals surface area contributed by atoms with Crippen molar-refractivity contribution in [2.75, 3.05) is 0 Å². The molecule has 1 aliphatic carbocycles. The van der Waals surface area contributed by atoms with Gasteiger partial charge in [0.2, 0.25) is 0 Å². The predicted molar refractivity (Wildman–Crippen MR) is 114 cm³/mol. The number of allylic oxidation sites excluding steroid dienone is 2. The Balaban J connectivity index is 1.57. The molecule has 0 spiro atoms. The molecule has 0 amide bonds. The van der Waals surface area contributed by atoms with Gasteiger partial charge in [0.05, 0.1) is 24.0 Å². The summed E-state index contributed by atoms with van der Waals surface area (Å²) < 4.78 is 33.8. The third kappa shape index (κ3) is 3.65. The lowest BCUT2D eigenvalue weighted by Gasteiger charge is -2.19. The first-order valence-corrected chi connectivity index (χ1v) is 10.4.